The maximum atomic E-state index is 14.5. The molecule has 0 aliphatic rings. The van der Waals surface area contributed by atoms with E-state index in [0.29, 0.717) is 0 Å². The van der Waals surface area contributed by atoms with E-state index >= 15 is 0 Å². The molecule has 0 bridgehead atoms. The summed E-state index contributed by atoms with van der Waals surface area (Å²) >= 11 is 0. The summed E-state index contributed by atoms with van der Waals surface area (Å²) in [5.74, 6) is -5.53. The summed E-state index contributed by atoms with van der Waals surface area (Å²) in [5.41, 5.74) is -1.66. The fourth-order valence-corrected chi connectivity index (χ4v) is 3.54. The third kappa shape index (κ3) is 4.39. The molecule has 0 unspecified atom stereocenters. The number of hydrogen-bond acceptors (Lipinski definition) is 6. The number of nitrogens with zero attached hydrogens (tertiary/aromatic N) is 2. The summed E-state index contributed by atoms with van der Waals surface area (Å²) in [6.07, 6.45) is 0. The second-order valence-electron chi connectivity index (χ2n) is 7.13. The predicted molar refractivity (Wildman–Crippen MR) is 118 cm³/mol. The van der Waals surface area contributed by atoms with Crippen molar-refractivity contribution in [2.24, 2.45) is 0 Å². The number of rotatable bonds is 6. The van der Waals surface area contributed by atoms with Gasteiger partial charge in [-0.1, -0.05) is 12.1 Å². The lowest BCUT2D eigenvalue weighted by molar-refractivity contribution is 0.0588. The second-order valence-corrected chi connectivity index (χ2v) is 7.13. The highest BCUT2D eigenvalue weighted by Gasteiger charge is 2.28. The van der Waals surface area contributed by atoms with Gasteiger partial charge in [-0.2, -0.15) is 0 Å². The lowest BCUT2D eigenvalue weighted by atomic mass is 10.0. The number of para-hydroxylation sites is 2. The predicted octanol–water partition coefficient (Wildman–Crippen LogP) is 5.35. The monoisotopic (exact) mass is 476 g/mol. The molecule has 0 atom stereocenters. The molecule has 0 spiro atoms. The van der Waals surface area contributed by atoms with Crippen molar-refractivity contribution in [2.75, 3.05) is 38.1 Å². The van der Waals surface area contributed by atoms with Crippen LogP contribution >= 0.6 is 0 Å². The molecule has 10 heteroatoms. The zero-order valence-electron chi connectivity index (χ0n) is 18.7. The highest BCUT2D eigenvalue weighted by atomic mass is 19.1. The van der Waals surface area contributed by atoms with E-state index < -0.39 is 46.6 Å². The van der Waals surface area contributed by atoms with Gasteiger partial charge in [-0.15, -0.1) is 0 Å². The number of hydrogen-bond donors (Lipinski definition) is 0. The van der Waals surface area contributed by atoms with Gasteiger partial charge in [0.25, 0.3) is 0 Å². The van der Waals surface area contributed by atoms with Crippen molar-refractivity contribution in [3.63, 3.8) is 0 Å². The zero-order valence-corrected chi connectivity index (χ0v) is 18.7. The van der Waals surface area contributed by atoms with Crippen LogP contribution in [-0.4, -0.2) is 40.3 Å². The minimum Gasteiger partial charge on any atom is -0.465 e. The number of esters is 2. The zero-order chi connectivity index (χ0) is 25.2. The Bertz CT molecular complexity index is 1130. The number of anilines is 4. The average molecular weight is 476 g/mol. The van der Waals surface area contributed by atoms with Crippen LogP contribution in [-0.2, 0) is 9.47 Å². The molecule has 6 nitrogen and oxygen atoms in total. The van der Waals surface area contributed by atoms with Crippen LogP contribution in [0.25, 0.3) is 0 Å². The summed E-state index contributed by atoms with van der Waals surface area (Å²) in [7, 11) is 4.74. The summed E-state index contributed by atoms with van der Waals surface area (Å²) < 4.78 is 67.5. The topological polar surface area (TPSA) is 59.1 Å². The van der Waals surface area contributed by atoms with E-state index in [9.17, 15) is 27.2 Å². The van der Waals surface area contributed by atoms with Gasteiger partial charge in [-0.05, 0) is 36.4 Å². The van der Waals surface area contributed by atoms with Crippen molar-refractivity contribution < 1.29 is 36.6 Å². The van der Waals surface area contributed by atoms with E-state index in [2.05, 4.69) is 0 Å². The molecule has 34 heavy (non-hydrogen) atoms. The lowest BCUT2D eigenvalue weighted by Crippen LogP contribution is -2.22. The average Bonchev–Trinajstić information content (AvgIpc) is 2.81. The number of ether oxygens (including phenoxy) is 2. The Morgan fingerprint density at radius 1 is 0.647 bits per heavy atom. The Labute approximate surface area is 192 Å². The molecule has 0 aliphatic carbocycles. The van der Waals surface area contributed by atoms with Gasteiger partial charge in [-0.25, -0.2) is 27.2 Å². The first-order valence-corrected chi connectivity index (χ1v) is 9.82. The summed E-state index contributed by atoms with van der Waals surface area (Å²) in [4.78, 5) is 27.3. The minimum atomic E-state index is -0.924. The van der Waals surface area contributed by atoms with Gasteiger partial charge < -0.3 is 19.3 Å². The SMILES string of the molecule is COC(=O)c1cc(N(C)c2c(F)cccc2F)c(C(=O)OC)cc1N(C)c1c(F)cccc1F. The van der Waals surface area contributed by atoms with Crippen LogP contribution in [0.5, 0.6) is 0 Å². The smallest absolute Gasteiger partial charge is 0.340 e. The van der Waals surface area contributed by atoms with E-state index in [1.807, 2.05) is 0 Å². The summed E-state index contributed by atoms with van der Waals surface area (Å²) in [5, 5.41) is 0. The minimum absolute atomic E-state index is 0.109. The van der Waals surface area contributed by atoms with E-state index in [-0.39, 0.29) is 22.5 Å². The molecule has 0 saturated heterocycles. The number of benzene rings is 3. The molecule has 0 heterocycles. The van der Waals surface area contributed by atoms with Crippen LogP contribution in [0, 0.1) is 23.3 Å². The van der Waals surface area contributed by atoms with Gasteiger partial charge in [0.2, 0.25) is 0 Å². The molecule has 0 N–H and O–H groups in total. The quantitative estimate of drug-likeness (QED) is 0.353. The van der Waals surface area contributed by atoms with Gasteiger partial charge in [0.05, 0.1) is 36.7 Å². The Morgan fingerprint density at radius 2 is 0.941 bits per heavy atom. The molecule has 0 fully saturated rings. The molecule has 3 aromatic carbocycles. The number of carbonyl (C=O) groups is 2. The maximum Gasteiger partial charge on any atom is 0.340 e. The third-order valence-electron chi connectivity index (χ3n) is 5.19. The molecule has 0 aliphatic heterocycles. The Kier molecular flexibility index (Phi) is 7.09. The Hall–Kier alpha value is -4.08. The number of carbonyl (C=O) groups excluding carboxylic acids is 2. The molecule has 0 aromatic heterocycles. The van der Waals surface area contributed by atoms with Gasteiger partial charge in [0, 0.05) is 14.1 Å². The molecule has 3 aromatic rings. The van der Waals surface area contributed by atoms with Crippen LogP contribution in [0.1, 0.15) is 20.7 Å². The molecule has 0 saturated carbocycles. The highest BCUT2D eigenvalue weighted by molar-refractivity contribution is 6.05. The third-order valence-corrected chi connectivity index (χ3v) is 5.19. The first kappa shape index (κ1) is 24.6. The fourth-order valence-electron chi connectivity index (χ4n) is 3.54. The molecular weight excluding hydrogens is 456 g/mol. The van der Waals surface area contributed by atoms with Gasteiger partial charge in [0.15, 0.2) is 0 Å². The highest BCUT2D eigenvalue weighted by Crippen LogP contribution is 2.39. The first-order valence-electron chi connectivity index (χ1n) is 9.82. The Morgan fingerprint density at radius 3 is 1.21 bits per heavy atom. The molecular formula is C24H20F4N2O4. The first-order chi connectivity index (χ1) is 16.1. The standard InChI is InChI=1S/C24H20F4N2O4/c1-29(21-15(25)7-5-8-16(21)26)19-11-14(24(32)34-4)20(12-13(19)23(31)33-3)30(2)22-17(27)9-6-10-18(22)28/h5-12H,1-4H3. The Balaban J connectivity index is 2.33. The number of methoxy groups -OCH3 is 2. The summed E-state index contributed by atoms with van der Waals surface area (Å²) in [6, 6.07) is 8.71. The van der Waals surface area contributed by atoms with Crippen molar-refractivity contribution >= 4 is 34.7 Å². The van der Waals surface area contributed by atoms with Crippen molar-refractivity contribution in [1.29, 1.82) is 0 Å². The van der Waals surface area contributed by atoms with E-state index in [4.69, 9.17) is 9.47 Å². The second kappa shape index (κ2) is 9.82. The van der Waals surface area contributed by atoms with E-state index in [0.717, 1.165) is 60.4 Å². The van der Waals surface area contributed by atoms with Crippen LogP contribution in [0.4, 0.5) is 40.3 Å². The normalized spacial score (nSPS) is 10.6. The van der Waals surface area contributed by atoms with E-state index in [1.54, 1.807) is 0 Å². The van der Waals surface area contributed by atoms with Crippen molar-refractivity contribution in [2.45, 2.75) is 0 Å². The summed E-state index contributed by atoms with van der Waals surface area (Å²) in [6.45, 7) is 0. The van der Waals surface area contributed by atoms with Gasteiger partial charge in [0.1, 0.15) is 34.6 Å². The van der Waals surface area contributed by atoms with Crippen molar-refractivity contribution in [1.82, 2.24) is 0 Å². The van der Waals surface area contributed by atoms with Crippen LogP contribution in [0.2, 0.25) is 0 Å². The van der Waals surface area contributed by atoms with Gasteiger partial charge >= 0.3 is 11.9 Å². The maximum absolute atomic E-state index is 14.5. The number of halogens is 4. The van der Waals surface area contributed by atoms with Crippen LogP contribution < -0.4 is 9.80 Å². The van der Waals surface area contributed by atoms with Crippen molar-refractivity contribution in [3.05, 3.63) is 82.9 Å². The van der Waals surface area contributed by atoms with Crippen LogP contribution in [0.3, 0.4) is 0 Å². The lowest BCUT2D eigenvalue weighted by Gasteiger charge is -2.27. The molecule has 0 radical (unpaired) electrons. The fraction of sp³-hybridized carbons (Fsp3) is 0.167. The molecule has 3 rings (SSSR count). The van der Waals surface area contributed by atoms with Crippen molar-refractivity contribution in [3.8, 4) is 0 Å². The molecule has 178 valence electrons. The van der Waals surface area contributed by atoms with E-state index in [1.165, 1.54) is 26.2 Å². The molecule has 0 amide bonds. The largest absolute Gasteiger partial charge is 0.465 e. The van der Waals surface area contributed by atoms with Gasteiger partial charge in [-0.3, -0.25) is 0 Å². The van der Waals surface area contributed by atoms with Crippen LogP contribution in [0.15, 0.2) is 48.5 Å².